The SMILES string of the molecule is COCO[C@@H]1[C@H]2C=C[C@@H](/C(C)=C/CS(=O)(=O)c3ccccc3)[C@@](C)(C(=O)C3=C([O-])O[C@]4(CC(CO[Si](c5ccccc5)(c5ccccc5)C(C)(C)C)=C[C@H](OCOC)[C@H]4/C=C(\C)C=O)C3=O)[C@@H]2[C@@H](C)C[C@@H]1C.[Na+]. The van der Waals surface area contributed by atoms with Crippen LogP contribution in [0.1, 0.15) is 68.2 Å². The standard InChI is InChI=1S/C58H72O12SSi.Na/c1-38(34-59)30-48-49(67-36-65-9)32-42(35-69-72(56(5,6)7,44-22-16-12-17-23-44)45-24-18-13-19-25-45)33-58(48)54(61)50(55(62)70-58)53(60)57(8)47(39(2)28-29-71(63,64)43-20-14-11-15-21-43)27-26-46-51(57)40(3)31-41(4)52(46)68-37-66-10;/h11-28,30,32,34,40-41,46-49,51-52,62H,29,31,33,35-37H2,1-10H3;/q;+1/p-1/b38-30+,39-28+;/t40-,41-,46-,47-,48+,49-,51+,52-,57+,58-;/m0./s1. The molecular formula is C58H71NaO12SSi. The van der Waals surface area contributed by atoms with Crippen LogP contribution in [-0.4, -0.2) is 92.6 Å². The molecule has 0 N–H and O–H groups in total. The van der Waals surface area contributed by atoms with E-state index in [-0.39, 0.29) is 96.3 Å². The normalized spacial score (nSPS) is 28.8. The molecule has 1 heterocycles. The largest absolute Gasteiger partial charge is 1.00 e. The summed E-state index contributed by atoms with van der Waals surface area (Å²) in [6.07, 6.45) is 8.84. The molecule has 73 heavy (non-hydrogen) atoms. The Hall–Kier alpha value is -4.06. The summed E-state index contributed by atoms with van der Waals surface area (Å²) < 4.78 is 64.6. The van der Waals surface area contributed by atoms with Gasteiger partial charge in [-0.3, -0.25) is 14.4 Å². The van der Waals surface area contributed by atoms with Gasteiger partial charge in [-0.15, -0.1) is 0 Å². The molecule has 0 amide bonds. The number of rotatable bonds is 19. The summed E-state index contributed by atoms with van der Waals surface area (Å²) in [6.45, 7) is 15.7. The smallest absolute Gasteiger partial charge is 0.597 e. The van der Waals surface area contributed by atoms with Crippen molar-refractivity contribution < 1.29 is 85.6 Å². The molecule has 0 unspecified atom stereocenters. The Morgan fingerprint density at radius 1 is 0.877 bits per heavy atom. The van der Waals surface area contributed by atoms with E-state index in [1.807, 2.05) is 54.6 Å². The van der Waals surface area contributed by atoms with Gasteiger partial charge in [0.25, 0.3) is 8.32 Å². The average molecular weight is 1040 g/mol. The second kappa shape index (κ2) is 23.9. The fourth-order valence-electron chi connectivity index (χ4n) is 12.5. The summed E-state index contributed by atoms with van der Waals surface area (Å²) in [5.74, 6) is -5.61. The second-order valence-corrected chi connectivity index (χ2v) is 27.7. The van der Waals surface area contributed by atoms with E-state index in [0.29, 0.717) is 23.9 Å². The third-order valence-electron chi connectivity index (χ3n) is 15.7. The topological polar surface area (TPSA) is 164 Å². The molecule has 386 valence electrons. The van der Waals surface area contributed by atoms with E-state index in [2.05, 4.69) is 58.9 Å². The van der Waals surface area contributed by atoms with Gasteiger partial charge in [-0.25, -0.2) is 8.42 Å². The van der Waals surface area contributed by atoms with Crippen molar-refractivity contribution in [3.05, 3.63) is 150 Å². The molecule has 0 bridgehead atoms. The predicted octanol–water partition coefficient (Wildman–Crippen LogP) is 4.64. The minimum atomic E-state index is -3.77. The van der Waals surface area contributed by atoms with Gasteiger partial charge in [0.15, 0.2) is 21.4 Å². The van der Waals surface area contributed by atoms with E-state index in [0.717, 1.165) is 10.4 Å². The van der Waals surface area contributed by atoms with Gasteiger partial charge in [-0.05, 0) is 83.1 Å². The molecule has 3 aliphatic carbocycles. The van der Waals surface area contributed by atoms with Crippen LogP contribution in [0, 0.1) is 40.9 Å². The molecule has 15 heteroatoms. The van der Waals surface area contributed by atoms with E-state index in [1.54, 1.807) is 70.4 Å². The van der Waals surface area contributed by atoms with Gasteiger partial charge in [0.05, 0.1) is 46.6 Å². The Bertz CT molecular complexity index is 2680. The monoisotopic (exact) mass is 1040 g/mol. The minimum Gasteiger partial charge on any atom is -0.597 e. The Morgan fingerprint density at radius 3 is 2.01 bits per heavy atom. The Balaban J connectivity index is 0.00000869. The number of carbonyl (C=O) groups excluding carboxylic acids is 3. The summed E-state index contributed by atoms with van der Waals surface area (Å²) >= 11 is 0. The maximum atomic E-state index is 16.2. The fourth-order valence-corrected chi connectivity index (χ4v) is 18.3. The molecule has 3 aromatic rings. The fraction of sp³-hybridized carbons (Fsp3) is 0.466. The van der Waals surface area contributed by atoms with Crippen LogP contribution in [0.2, 0.25) is 5.04 Å². The van der Waals surface area contributed by atoms with Gasteiger partial charge < -0.3 is 33.2 Å². The molecule has 0 radical (unpaired) electrons. The zero-order chi connectivity index (χ0) is 52.2. The molecule has 0 aromatic heterocycles. The first kappa shape index (κ1) is 58.2. The van der Waals surface area contributed by atoms with Crippen LogP contribution in [0.5, 0.6) is 0 Å². The van der Waals surface area contributed by atoms with E-state index < -0.39 is 81.2 Å². The van der Waals surface area contributed by atoms with E-state index in [4.69, 9.17) is 28.1 Å². The first-order chi connectivity index (χ1) is 34.2. The van der Waals surface area contributed by atoms with Crippen LogP contribution >= 0.6 is 0 Å². The van der Waals surface area contributed by atoms with Crippen LogP contribution in [0.3, 0.4) is 0 Å². The van der Waals surface area contributed by atoms with Gasteiger partial charge in [0.1, 0.15) is 19.9 Å². The zero-order valence-electron chi connectivity index (χ0n) is 44.3. The number of sulfone groups is 1. The average Bonchev–Trinajstić information content (AvgIpc) is 3.60. The number of allylic oxidation sites excluding steroid dienone is 3. The Morgan fingerprint density at radius 2 is 1.45 bits per heavy atom. The van der Waals surface area contributed by atoms with E-state index >= 15 is 9.59 Å². The zero-order valence-corrected chi connectivity index (χ0v) is 48.1. The number of methoxy groups -OCH3 is 2. The molecule has 1 spiro atoms. The van der Waals surface area contributed by atoms with Crippen LogP contribution in [0.4, 0.5) is 0 Å². The second-order valence-electron chi connectivity index (χ2n) is 21.4. The molecule has 3 aromatic carbocycles. The molecule has 0 saturated heterocycles. The van der Waals surface area contributed by atoms with Gasteiger partial charge in [0, 0.05) is 37.4 Å². The number of ketones is 2. The van der Waals surface area contributed by atoms with Crippen molar-refractivity contribution in [1.82, 2.24) is 0 Å². The van der Waals surface area contributed by atoms with Crippen molar-refractivity contribution in [2.45, 2.75) is 96.0 Å². The third-order valence-corrected chi connectivity index (χ3v) is 22.2. The molecular weight excluding hydrogens is 972 g/mol. The summed E-state index contributed by atoms with van der Waals surface area (Å²) in [6, 6.07) is 28.4. The maximum absolute atomic E-state index is 16.2. The number of carbonyl (C=O) groups is 3. The van der Waals surface area contributed by atoms with Gasteiger partial charge >= 0.3 is 29.6 Å². The Labute approximate surface area is 455 Å². The number of hydrogen-bond donors (Lipinski definition) is 0. The predicted molar refractivity (Wildman–Crippen MR) is 277 cm³/mol. The summed E-state index contributed by atoms with van der Waals surface area (Å²) in [4.78, 5) is 44.7. The Kier molecular flexibility index (Phi) is 19.0. The van der Waals surface area contributed by atoms with Crippen LogP contribution in [0.25, 0.3) is 0 Å². The first-order valence-electron chi connectivity index (χ1n) is 24.8. The molecule has 12 nitrogen and oxygen atoms in total. The quantitative estimate of drug-likeness (QED) is 0.0409. The summed E-state index contributed by atoms with van der Waals surface area (Å²) in [5, 5.41) is 16.6. The first-order valence-corrected chi connectivity index (χ1v) is 28.4. The van der Waals surface area contributed by atoms with Crippen molar-refractivity contribution in [3.63, 3.8) is 0 Å². The molecule has 10 atom stereocenters. The number of Topliss-reactive ketones (excluding diaryl/α,β-unsaturated/α-hetero) is 2. The molecule has 1 fully saturated rings. The van der Waals surface area contributed by atoms with Crippen LogP contribution in [-0.2, 0) is 52.3 Å². The van der Waals surface area contributed by atoms with Crippen molar-refractivity contribution in [2.24, 2.45) is 40.9 Å². The number of ether oxygens (including phenoxy) is 5. The van der Waals surface area contributed by atoms with E-state index in [1.165, 1.54) is 7.11 Å². The summed E-state index contributed by atoms with van der Waals surface area (Å²) in [5.41, 5.74) is -2.68. The van der Waals surface area contributed by atoms with Gasteiger partial charge in [-0.1, -0.05) is 156 Å². The van der Waals surface area contributed by atoms with Gasteiger partial charge in [-0.2, -0.15) is 0 Å². The number of fused-ring (bicyclic) bond motifs is 1. The van der Waals surface area contributed by atoms with Crippen molar-refractivity contribution in [1.29, 1.82) is 0 Å². The number of benzene rings is 3. The third kappa shape index (κ3) is 11.3. The maximum Gasteiger partial charge on any atom is 1.00 e. The number of hydrogen-bond acceptors (Lipinski definition) is 12. The number of aldehydes is 1. The van der Waals surface area contributed by atoms with Crippen LogP contribution in [0.15, 0.2) is 155 Å². The van der Waals surface area contributed by atoms with Crippen molar-refractivity contribution >= 4 is 46.4 Å². The van der Waals surface area contributed by atoms with Crippen molar-refractivity contribution in [2.75, 3.05) is 40.2 Å². The van der Waals surface area contributed by atoms with Gasteiger partial charge in [0.2, 0.25) is 0 Å². The van der Waals surface area contributed by atoms with Crippen LogP contribution < -0.4 is 45.0 Å². The molecule has 1 saturated carbocycles. The molecule has 1 aliphatic heterocycles. The summed E-state index contributed by atoms with van der Waals surface area (Å²) in [7, 11) is -3.91. The molecule has 7 rings (SSSR count). The minimum absolute atomic E-state index is 0. The molecule has 4 aliphatic rings. The van der Waals surface area contributed by atoms with E-state index in [9.17, 15) is 18.3 Å². The van der Waals surface area contributed by atoms with Crippen molar-refractivity contribution in [3.8, 4) is 0 Å².